The lowest BCUT2D eigenvalue weighted by Gasteiger charge is -1.99. The number of carboxylic acid groups (broad SMARTS) is 1. The van der Waals surface area contributed by atoms with E-state index in [2.05, 4.69) is 15.9 Å². The number of carboxylic acids is 1. The molecule has 0 bridgehead atoms. The molecule has 0 fully saturated rings. The highest BCUT2D eigenvalue weighted by Crippen LogP contribution is 2.14. The Labute approximate surface area is 89.2 Å². The largest absolute Gasteiger partial charge is 0.478 e. The van der Waals surface area contributed by atoms with Gasteiger partial charge in [-0.05, 0) is 17.7 Å². The quantitative estimate of drug-likeness (QED) is 0.669. The molecular formula is C10H8BrFO2. The molecule has 1 aromatic carbocycles. The molecule has 1 rings (SSSR count). The number of benzene rings is 1. The SMILES string of the molecule is O=C(O)C=Cc1ccc(CBr)cc1F. The van der Waals surface area contributed by atoms with E-state index >= 15 is 0 Å². The van der Waals surface area contributed by atoms with E-state index in [0.29, 0.717) is 5.33 Å². The average Bonchev–Trinajstić information content (AvgIpc) is 2.15. The van der Waals surface area contributed by atoms with Crippen molar-refractivity contribution >= 4 is 28.0 Å². The maximum absolute atomic E-state index is 13.2. The van der Waals surface area contributed by atoms with Crippen molar-refractivity contribution in [2.75, 3.05) is 0 Å². The standard InChI is InChI=1S/C10H8BrFO2/c11-6-7-1-2-8(9(12)5-7)3-4-10(13)14/h1-5H,6H2,(H,13,14). The number of rotatable bonds is 3. The van der Waals surface area contributed by atoms with Gasteiger partial charge in [-0.3, -0.25) is 0 Å². The normalized spacial score (nSPS) is 10.7. The van der Waals surface area contributed by atoms with Gasteiger partial charge in [0.1, 0.15) is 5.82 Å². The lowest BCUT2D eigenvalue weighted by molar-refractivity contribution is -0.131. The summed E-state index contributed by atoms with van der Waals surface area (Å²) in [6.45, 7) is 0. The van der Waals surface area contributed by atoms with Crippen molar-refractivity contribution in [1.82, 2.24) is 0 Å². The Morgan fingerprint density at radius 2 is 2.29 bits per heavy atom. The van der Waals surface area contributed by atoms with Gasteiger partial charge in [-0.15, -0.1) is 0 Å². The molecule has 0 saturated carbocycles. The summed E-state index contributed by atoms with van der Waals surface area (Å²) in [6.07, 6.45) is 2.14. The first-order valence-corrected chi connectivity index (χ1v) is 5.01. The van der Waals surface area contributed by atoms with E-state index in [1.807, 2.05) is 0 Å². The molecule has 0 heterocycles. The van der Waals surface area contributed by atoms with Gasteiger partial charge < -0.3 is 5.11 Å². The molecule has 4 heteroatoms. The van der Waals surface area contributed by atoms with Crippen LogP contribution in [0.3, 0.4) is 0 Å². The topological polar surface area (TPSA) is 37.3 Å². The molecule has 0 atom stereocenters. The zero-order chi connectivity index (χ0) is 10.6. The Balaban J connectivity index is 2.94. The molecule has 14 heavy (non-hydrogen) atoms. The maximum Gasteiger partial charge on any atom is 0.328 e. The fourth-order valence-electron chi connectivity index (χ4n) is 0.950. The van der Waals surface area contributed by atoms with Crippen molar-refractivity contribution < 1.29 is 14.3 Å². The van der Waals surface area contributed by atoms with Crippen molar-refractivity contribution in [3.63, 3.8) is 0 Å². The number of hydrogen-bond acceptors (Lipinski definition) is 1. The average molecular weight is 259 g/mol. The third-order valence-electron chi connectivity index (χ3n) is 1.62. The number of hydrogen-bond donors (Lipinski definition) is 1. The van der Waals surface area contributed by atoms with Gasteiger partial charge in [0.15, 0.2) is 0 Å². The number of aliphatic carboxylic acids is 1. The fourth-order valence-corrected chi connectivity index (χ4v) is 1.30. The first-order valence-electron chi connectivity index (χ1n) is 3.89. The van der Waals surface area contributed by atoms with Crippen LogP contribution in [-0.2, 0) is 10.1 Å². The lowest BCUT2D eigenvalue weighted by atomic mass is 10.1. The molecule has 2 nitrogen and oxygen atoms in total. The summed E-state index contributed by atoms with van der Waals surface area (Å²) in [6, 6.07) is 4.65. The second-order valence-electron chi connectivity index (χ2n) is 2.66. The highest BCUT2D eigenvalue weighted by atomic mass is 79.9. The van der Waals surface area contributed by atoms with Crippen molar-refractivity contribution in [2.45, 2.75) is 5.33 Å². The van der Waals surface area contributed by atoms with E-state index < -0.39 is 11.8 Å². The van der Waals surface area contributed by atoms with Gasteiger partial charge in [-0.1, -0.05) is 28.1 Å². The first kappa shape index (κ1) is 10.9. The molecule has 0 aromatic heterocycles. The monoisotopic (exact) mass is 258 g/mol. The second kappa shape index (κ2) is 4.91. The van der Waals surface area contributed by atoms with Crippen molar-refractivity contribution in [1.29, 1.82) is 0 Å². The summed E-state index contributed by atoms with van der Waals surface area (Å²) >= 11 is 3.20. The molecular weight excluding hydrogens is 251 g/mol. The van der Waals surface area contributed by atoms with Crippen molar-refractivity contribution in [3.05, 3.63) is 41.2 Å². The third-order valence-corrected chi connectivity index (χ3v) is 2.27. The Morgan fingerprint density at radius 3 is 2.79 bits per heavy atom. The Kier molecular flexibility index (Phi) is 3.83. The van der Waals surface area contributed by atoms with Crippen LogP contribution < -0.4 is 0 Å². The van der Waals surface area contributed by atoms with E-state index in [1.165, 1.54) is 12.1 Å². The van der Waals surface area contributed by atoms with Crippen LogP contribution in [0.4, 0.5) is 4.39 Å². The molecule has 1 N–H and O–H groups in total. The number of carbonyl (C=O) groups is 1. The van der Waals surface area contributed by atoms with E-state index in [9.17, 15) is 9.18 Å². The smallest absolute Gasteiger partial charge is 0.328 e. The van der Waals surface area contributed by atoms with Crippen LogP contribution in [0.15, 0.2) is 24.3 Å². The van der Waals surface area contributed by atoms with Gasteiger partial charge in [0.2, 0.25) is 0 Å². The maximum atomic E-state index is 13.2. The summed E-state index contributed by atoms with van der Waals surface area (Å²) in [4.78, 5) is 10.2. The van der Waals surface area contributed by atoms with Gasteiger partial charge >= 0.3 is 5.97 Å². The van der Waals surface area contributed by atoms with E-state index in [0.717, 1.165) is 11.6 Å². The molecule has 1 aromatic rings. The van der Waals surface area contributed by atoms with Gasteiger partial charge in [0.05, 0.1) is 0 Å². The summed E-state index contributed by atoms with van der Waals surface area (Å²) in [7, 11) is 0. The van der Waals surface area contributed by atoms with Gasteiger partial charge in [-0.25, -0.2) is 9.18 Å². The third kappa shape index (κ3) is 2.96. The van der Waals surface area contributed by atoms with E-state index in [-0.39, 0.29) is 5.56 Å². The van der Waals surface area contributed by atoms with Crippen LogP contribution in [0.25, 0.3) is 6.08 Å². The van der Waals surface area contributed by atoms with E-state index in [1.54, 1.807) is 12.1 Å². The number of halogens is 2. The van der Waals surface area contributed by atoms with Crippen LogP contribution in [0.2, 0.25) is 0 Å². The van der Waals surface area contributed by atoms with Crippen molar-refractivity contribution in [2.24, 2.45) is 0 Å². The highest BCUT2D eigenvalue weighted by molar-refractivity contribution is 9.08. The summed E-state index contributed by atoms with van der Waals surface area (Å²) < 4.78 is 13.2. The molecule has 0 radical (unpaired) electrons. The summed E-state index contributed by atoms with van der Waals surface area (Å²) in [5, 5.41) is 8.93. The zero-order valence-electron chi connectivity index (χ0n) is 7.21. The van der Waals surface area contributed by atoms with Gasteiger partial charge in [0.25, 0.3) is 0 Å². The Hall–Kier alpha value is -1.16. The van der Waals surface area contributed by atoms with Gasteiger partial charge in [0, 0.05) is 17.0 Å². The summed E-state index contributed by atoms with van der Waals surface area (Å²) in [5.74, 6) is -1.51. The number of alkyl halides is 1. The minimum absolute atomic E-state index is 0.275. The van der Waals surface area contributed by atoms with Crippen LogP contribution in [0.5, 0.6) is 0 Å². The van der Waals surface area contributed by atoms with Crippen LogP contribution >= 0.6 is 15.9 Å². The summed E-state index contributed by atoms with van der Waals surface area (Å²) in [5.41, 5.74) is 1.09. The Morgan fingerprint density at radius 1 is 1.57 bits per heavy atom. The highest BCUT2D eigenvalue weighted by Gasteiger charge is 2.00. The predicted molar refractivity (Wildman–Crippen MR) is 55.7 cm³/mol. The molecule has 0 aliphatic heterocycles. The molecule has 0 spiro atoms. The minimum atomic E-state index is -1.09. The molecule has 74 valence electrons. The molecule has 0 amide bonds. The van der Waals surface area contributed by atoms with Crippen molar-refractivity contribution in [3.8, 4) is 0 Å². The lowest BCUT2D eigenvalue weighted by Crippen LogP contribution is -1.89. The Bertz CT molecular complexity index is 374. The molecule has 0 unspecified atom stereocenters. The van der Waals surface area contributed by atoms with Crippen LogP contribution in [0.1, 0.15) is 11.1 Å². The molecule has 0 aliphatic carbocycles. The van der Waals surface area contributed by atoms with Crippen LogP contribution in [0, 0.1) is 5.82 Å². The van der Waals surface area contributed by atoms with Gasteiger partial charge in [-0.2, -0.15) is 0 Å². The van der Waals surface area contributed by atoms with Crippen LogP contribution in [-0.4, -0.2) is 11.1 Å². The first-order chi connectivity index (χ1) is 6.63. The molecule has 0 saturated heterocycles. The van der Waals surface area contributed by atoms with E-state index in [4.69, 9.17) is 5.11 Å². The second-order valence-corrected chi connectivity index (χ2v) is 3.22. The molecule has 0 aliphatic rings. The predicted octanol–water partition coefficient (Wildman–Crippen LogP) is 2.82. The minimum Gasteiger partial charge on any atom is -0.478 e. The zero-order valence-corrected chi connectivity index (χ0v) is 8.79. The fraction of sp³-hybridized carbons (Fsp3) is 0.100.